The lowest BCUT2D eigenvalue weighted by molar-refractivity contribution is -0.137. The van der Waals surface area contributed by atoms with Gasteiger partial charge in [0.1, 0.15) is 5.38 Å². The number of carbonyl (C=O) groups is 2. The number of amides is 2. The van der Waals surface area contributed by atoms with Crippen molar-refractivity contribution in [2.45, 2.75) is 37.4 Å². The first kappa shape index (κ1) is 22.2. The van der Waals surface area contributed by atoms with E-state index < -0.39 is 17.1 Å². The molecule has 0 saturated carbocycles. The van der Waals surface area contributed by atoms with Gasteiger partial charge in [0.15, 0.2) is 0 Å². The van der Waals surface area contributed by atoms with Crippen LogP contribution in [0.1, 0.15) is 35.7 Å². The van der Waals surface area contributed by atoms with Crippen molar-refractivity contribution in [2.24, 2.45) is 0 Å². The van der Waals surface area contributed by atoms with E-state index in [9.17, 15) is 22.8 Å². The molecule has 1 aliphatic heterocycles. The molecule has 0 N–H and O–H groups in total. The predicted octanol–water partition coefficient (Wildman–Crippen LogP) is 4.97. The molecule has 160 valence electrons. The number of likely N-dealkylation sites (tertiary alicyclic amines) is 1. The molecular formula is C22H22ClF3N2O2. The maximum absolute atomic E-state index is 12.7. The fourth-order valence-electron chi connectivity index (χ4n) is 3.61. The summed E-state index contributed by atoms with van der Waals surface area (Å²) in [6.07, 6.45) is -3.33. The van der Waals surface area contributed by atoms with Crippen LogP contribution in [0, 0.1) is 0 Å². The topological polar surface area (TPSA) is 40.6 Å². The minimum Gasteiger partial charge on any atom is -0.338 e. The maximum Gasteiger partial charge on any atom is 0.416 e. The molecule has 1 saturated heterocycles. The number of nitrogens with zero attached hydrogens (tertiary/aromatic N) is 2. The predicted molar refractivity (Wildman–Crippen MR) is 110 cm³/mol. The molecule has 1 aliphatic rings. The van der Waals surface area contributed by atoms with Crippen LogP contribution in [0.5, 0.6) is 0 Å². The van der Waals surface area contributed by atoms with Crippen molar-refractivity contribution in [2.75, 3.05) is 18.0 Å². The molecule has 4 nitrogen and oxygen atoms in total. The number of halogens is 4. The lowest BCUT2D eigenvalue weighted by Crippen LogP contribution is -2.50. The van der Waals surface area contributed by atoms with Crippen molar-refractivity contribution >= 4 is 29.1 Å². The van der Waals surface area contributed by atoms with Crippen molar-refractivity contribution in [3.8, 4) is 0 Å². The van der Waals surface area contributed by atoms with E-state index in [2.05, 4.69) is 0 Å². The van der Waals surface area contributed by atoms with Gasteiger partial charge in [0.25, 0.3) is 5.91 Å². The quantitative estimate of drug-likeness (QED) is 0.632. The molecular weight excluding hydrogens is 417 g/mol. The summed E-state index contributed by atoms with van der Waals surface area (Å²) < 4.78 is 38.2. The molecule has 1 heterocycles. The Bertz CT molecular complexity index is 878. The lowest BCUT2D eigenvalue weighted by atomic mass is 10.0. The van der Waals surface area contributed by atoms with Gasteiger partial charge >= 0.3 is 6.18 Å². The monoisotopic (exact) mass is 438 g/mol. The highest BCUT2D eigenvalue weighted by Crippen LogP contribution is 2.30. The van der Waals surface area contributed by atoms with E-state index in [0.717, 1.165) is 17.8 Å². The lowest BCUT2D eigenvalue weighted by Gasteiger charge is -2.39. The number of benzene rings is 2. The Morgan fingerprint density at radius 3 is 2.10 bits per heavy atom. The van der Waals surface area contributed by atoms with Gasteiger partial charge in [-0.15, -0.1) is 11.6 Å². The molecule has 0 spiro atoms. The summed E-state index contributed by atoms with van der Waals surface area (Å²) in [7, 11) is 0. The summed E-state index contributed by atoms with van der Waals surface area (Å²) >= 11 is 6.06. The van der Waals surface area contributed by atoms with Crippen molar-refractivity contribution in [3.05, 3.63) is 65.7 Å². The maximum atomic E-state index is 12.7. The smallest absolute Gasteiger partial charge is 0.338 e. The number of alkyl halides is 4. The number of rotatable bonds is 4. The molecule has 2 amide bonds. The SMILES string of the molecule is CC(Cl)C(=O)N(c1ccccc1)C1CCN(C(=O)c2ccc(C(F)(F)F)cc2)CC1. The Balaban J connectivity index is 1.69. The average molecular weight is 439 g/mol. The number of hydrogen-bond donors (Lipinski definition) is 0. The van der Waals surface area contributed by atoms with Gasteiger partial charge in [-0.2, -0.15) is 13.2 Å². The Kier molecular flexibility index (Phi) is 6.71. The van der Waals surface area contributed by atoms with E-state index in [1.807, 2.05) is 30.3 Å². The summed E-state index contributed by atoms with van der Waals surface area (Å²) in [5.41, 5.74) is 0.180. The van der Waals surface area contributed by atoms with Crippen LogP contribution in [-0.2, 0) is 11.0 Å². The minimum atomic E-state index is -4.44. The summed E-state index contributed by atoms with van der Waals surface area (Å²) in [6, 6.07) is 13.4. The highest BCUT2D eigenvalue weighted by molar-refractivity contribution is 6.32. The Labute approximate surface area is 178 Å². The number of carbonyl (C=O) groups excluding carboxylic acids is 2. The Morgan fingerprint density at radius 2 is 1.60 bits per heavy atom. The molecule has 30 heavy (non-hydrogen) atoms. The number of piperidine rings is 1. The number of hydrogen-bond acceptors (Lipinski definition) is 2. The molecule has 1 unspecified atom stereocenters. The molecule has 0 bridgehead atoms. The van der Waals surface area contributed by atoms with E-state index in [0.29, 0.717) is 25.9 Å². The summed E-state index contributed by atoms with van der Waals surface area (Å²) in [5.74, 6) is -0.513. The second-order valence-corrected chi connectivity index (χ2v) is 7.91. The van der Waals surface area contributed by atoms with Crippen LogP contribution in [-0.4, -0.2) is 41.2 Å². The van der Waals surface area contributed by atoms with Crippen LogP contribution < -0.4 is 4.90 Å². The largest absolute Gasteiger partial charge is 0.416 e. The number of para-hydroxylation sites is 1. The van der Waals surface area contributed by atoms with Gasteiger partial charge in [-0.25, -0.2) is 0 Å². The average Bonchev–Trinajstić information content (AvgIpc) is 2.74. The van der Waals surface area contributed by atoms with Gasteiger partial charge in [-0.05, 0) is 56.2 Å². The van der Waals surface area contributed by atoms with Crippen LogP contribution in [0.3, 0.4) is 0 Å². The first-order chi connectivity index (χ1) is 14.2. The van der Waals surface area contributed by atoms with E-state index >= 15 is 0 Å². The second kappa shape index (κ2) is 9.08. The zero-order valence-corrected chi connectivity index (χ0v) is 17.2. The highest BCUT2D eigenvalue weighted by Gasteiger charge is 2.33. The summed E-state index contributed by atoms with van der Waals surface area (Å²) in [6.45, 7) is 2.43. The summed E-state index contributed by atoms with van der Waals surface area (Å²) in [5, 5.41) is -0.683. The molecule has 1 atom stereocenters. The molecule has 1 fully saturated rings. The Hall–Kier alpha value is -2.54. The molecule has 0 radical (unpaired) electrons. The van der Waals surface area contributed by atoms with Crippen molar-refractivity contribution in [1.29, 1.82) is 0 Å². The molecule has 3 rings (SSSR count). The van der Waals surface area contributed by atoms with Crippen LogP contribution in [0.2, 0.25) is 0 Å². The van der Waals surface area contributed by atoms with E-state index in [1.54, 1.807) is 16.7 Å². The fraction of sp³-hybridized carbons (Fsp3) is 0.364. The van der Waals surface area contributed by atoms with Gasteiger partial charge in [-0.1, -0.05) is 18.2 Å². The third-order valence-electron chi connectivity index (χ3n) is 5.19. The fourth-order valence-corrected chi connectivity index (χ4v) is 3.71. The van der Waals surface area contributed by atoms with Crippen molar-refractivity contribution < 1.29 is 22.8 Å². The van der Waals surface area contributed by atoms with Crippen LogP contribution >= 0.6 is 11.6 Å². The van der Waals surface area contributed by atoms with Gasteiger partial charge in [0.05, 0.1) is 5.56 Å². The van der Waals surface area contributed by atoms with Crippen molar-refractivity contribution in [3.63, 3.8) is 0 Å². The molecule has 0 aliphatic carbocycles. The normalized spacial score (nSPS) is 16.2. The van der Waals surface area contributed by atoms with Gasteiger partial charge in [0, 0.05) is 30.4 Å². The van der Waals surface area contributed by atoms with Gasteiger partial charge < -0.3 is 9.80 Å². The standard InChI is InChI=1S/C22H22ClF3N2O2/c1-15(23)20(29)28(18-5-3-2-4-6-18)19-11-13-27(14-12-19)21(30)16-7-9-17(10-8-16)22(24,25)26/h2-10,15,19H,11-14H2,1H3. The van der Waals surface area contributed by atoms with Crippen molar-refractivity contribution in [1.82, 2.24) is 4.90 Å². The van der Waals surface area contributed by atoms with Gasteiger partial charge in [0.2, 0.25) is 5.91 Å². The first-order valence-corrected chi connectivity index (χ1v) is 10.1. The zero-order valence-electron chi connectivity index (χ0n) is 16.4. The third-order valence-corrected chi connectivity index (χ3v) is 5.37. The highest BCUT2D eigenvalue weighted by atomic mass is 35.5. The second-order valence-electron chi connectivity index (χ2n) is 7.26. The summed E-state index contributed by atoms with van der Waals surface area (Å²) in [4.78, 5) is 28.7. The third kappa shape index (κ3) is 4.95. The first-order valence-electron chi connectivity index (χ1n) is 9.67. The van der Waals surface area contributed by atoms with Gasteiger partial charge in [-0.3, -0.25) is 9.59 Å². The van der Waals surface area contributed by atoms with E-state index in [1.165, 1.54) is 12.1 Å². The molecule has 2 aromatic rings. The minimum absolute atomic E-state index is 0.113. The van der Waals surface area contributed by atoms with Crippen LogP contribution in [0.15, 0.2) is 54.6 Å². The molecule has 0 aromatic heterocycles. The Morgan fingerprint density at radius 1 is 1.03 bits per heavy atom. The van der Waals surface area contributed by atoms with Crippen LogP contribution in [0.25, 0.3) is 0 Å². The zero-order chi connectivity index (χ0) is 21.9. The van der Waals surface area contributed by atoms with E-state index in [4.69, 9.17) is 11.6 Å². The molecule has 8 heteroatoms. The molecule has 2 aromatic carbocycles. The van der Waals surface area contributed by atoms with E-state index in [-0.39, 0.29) is 23.4 Å². The number of anilines is 1. The van der Waals surface area contributed by atoms with Crippen LogP contribution in [0.4, 0.5) is 18.9 Å².